The second kappa shape index (κ2) is 8.00. The molecule has 7 heteroatoms. The predicted molar refractivity (Wildman–Crippen MR) is 107 cm³/mol. The largest absolute Gasteiger partial charge is 0.494 e. The van der Waals surface area contributed by atoms with Crippen LogP contribution in [0.4, 0.5) is 15.8 Å². The van der Waals surface area contributed by atoms with Crippen LogP contribution in [0.2, 0.25) is 0 Å². The van der Waals surface area contributed by atoms with E-state index in [0.29, 0.717) is 43.1 Å². The number of H-pyrrole nitrogens is 1. The average Bonchev–Trinajstić information content (AvgIpc) is 3.31. The molecule has 2 aromatic carbocycles. The lowest BCUT2D eigenvalue weighted by Gasteiger charge is -2.21. The Bertz CT molecular complexity index is 996. The van der Waals surface area contributed by atoms with Gasteiger partial charge in [-0.1, -0.05) is 18.2 Å². The average molecular weight is 383 g/mol. The molecule has 0 unspecified atom stereocenters. The Morgan fingerprint density at radius 1 is 1.25 bits per heavy atom. The molecule has 4 rings (SSSR count). The number of nitrogens with zero attached hydrogens (tertiary/aromatic N) is 2. The van der Waals surface area contributed by atoms with Crippen LogP contribution >= 0.6 is 0 Å². The number of aliphatic imine (C=N–C) groups is 1. The number of aromatic amines is 1. The third kappa shape index (κ3) is 3.85. The van der Waals surface area contributed by atoms with Crippen LogP contribution in [0.3, 0.4) is 0 Å². The Hall–Kier alpha value is -2.90. The second-order valence-electron chi connectivity index (χ2n) is 6.71. The van der Waals surface area contributed by atoms with Gasteiger partial charge in [0.1, 0.15) is 5.82 Å². The number of halogens is 1. The number of ether oxygens (including phenoxy) is 2. The summed E-state index contributed by atoms with van der Waals surface area (Å²) in [6.07, 6.45) is 2.01. The van der Waals surface area contributed by atoms with Gasteiger partial charge in [0, 0.05) is 43.2 Å². The van der Waals surface area contributed by atoms with Crippen molar-refractivity contribution in [3.63, 3.8) is 0 Å². The Morgan fingerprint density at radius 2 is 2.04 bits per heavy atom. The van der Waals surface area contributed by atoms with Crippen molar-refractivity contribution in [2.24, 2.45) is 4.99 Å². The normalized spacial score (nSPS) is 15.1. The van der Waals surface area contributed by atoms with E-state index in [4.69, 9.17) is 9.47 Å². The lowest BCUT2D eigenvalue weighted by Crippen LogP contribution is -2.24. The van der Waals surface area contributed by atoms with Crippen molar-refractivity contribution < 1.29 is 19.0 Å². The van der Waals surface area contributed by atoms with Crippen LogP contribution in [0.15, 0.2) is 47.5 Å². The third-order valence-corrected chi connectivity index (χ3v) is 4.80. The molecule has 6 nitrogen and oxygen atoms in total. The topological polar surface area (TPSA) is 70.1 Å². The number of aromatic nitrogens is 1. The van der Waals surface area contributed by atoms with Crippen LogP contribution in [0.25, 0.3) is 10.9 Å². The number of para-hydroxylation sites is 1. The molecule has 0 aliphatic carbocycles. The van der Waals surface area contributed by atoms with Gasteiger partial charge in [-0.25, -0.2) is 4.39 Å². The first-order valence-electron chi connectivity index (χ1n) is 9.19. The predicted octanol–water partition coefficient (Wildman–Crippen LogP) is 3.96. The summed E-state index contributed by atoms with van der Waals surface area (Å²) in [6.45, 7) is 1.84. The van der Waals surface area contributed by atoms with Gasteiger partial charge in [0.05, 0.1) is 30.2 Å². The van der Waals surface area contributed by atoms with E-state index in [1.807, 2.05) is 36.2 Å². The number of nitrogens with one attached hydrogen (secondary N) is 1. The molecule has 0 atom stereocenters. The fourth-order valence-corrected chi connectivity index (χ4v) is 3.30. The molecule has 1 fully saturated rings. The standard InChI is InChI=1S/C21H22FN3O3/c1-25(9-8-20-27-10-11-28-20)19-7-6-14(12-17(19)22)23-13-16-15-4-2-3-5-18(15)24-21(16)26/h2-7,12-13,20,24,26H,8-11H2,1H3. The summed E-state index contributed by atoms with van der Waals surface area (Å²) in [5.74, 6) is -0.313. The highest BCUT2D eigenvalue weighted by molar-refractivity contribution is 6.02. The van der Waals surface area contributed by atoms with Crippen molar-refractivity contribution in [1.82, 2.24) is 4.98 Å². The quantitative estimate of drug-likeness (QED) is 0.632. The summed E-state index contributed by atoms with van der Waals surface area (Å²) < 4.78 is 25.4. The van der Waals surface area contributed by atoms with Crippen molar-refractivity contribution in [1.29, 1.82) is 0 Å². The minimum atomic E-state index is -0.353. The van der Waals surface area contributed by atoms with E-state index in [9.17, 15) is 9.50 Å². The highest BCUT2D eigenvalue weighted by Crippen LogP contribution is 2.27. The molecule has 0 spiro atoms. The van der Waals surface area contributed by atoms with E-state index < -0.39 is 0 Å². The molecule has 2 N–H and O–H groups in total. The maximum Gasteiger partial charge on any atom is 0.198 e. The summed E-state index contributed by atoms with van der Waals surface area (Å²) in [5, 5.41) is 10.9. The molecule has 0 amide bonds. The third-order valence-electron chi connectivity index (χ3n) is 4.80. The zero-order valence-corrected chi connectivity index (χ0v) is 15.6. The second-order valence-corrected chi connectivity index (χ2v) is 6.71. The number of fused-ring (bicyclic) bond motifs is 1. The molecule has 1 saturated heterocycles. The van der Waals surface area contributed by atoms with Gasteiger partial charge in [0.15, 0.2) is 12.2 Å². The molecule has 146 valence electrons. The molecule has 0 bridgehead atoms. The maximum atomic E-state index is 14.6. The van der Waals surface area contributed by atoms with E-state index in [2.05, 4.69) is 9.98 Å². The van der Waals surface area contributed by atoms with Crippen LogP contribution in [-0.2, 0) is 9.47 Å². The summed E-state index contributed by atoms with van der Waals surface area (Å²) in [5.41, 5.74) is 2.36. The molecular weight excluding hydrogens is 361 g/mol. The maximum absolute atomic E-state index is 14.6. The SMILES string of the molecule is CN(CCC1OCCO1)c1ccc(N=Cc2c(O)[nH]c3ccccc23)cc1F. The monoisotopic (exact) mass is 383 g/mol. The van der Waals surface area contributed by atoms with Crippen LogP contribution in [0, 0.1) is 5.82 Å². The van der Waals surface area contributed by atoms with Gasteiger partial charge >= 0.3 is 0 Å². The first-order chi connectivity index (χ1) is 13.6. The van der Waals surface area contributed by atoms with E-state index >= 15 is 0 Å². The molecule has 0 saturated carbocycles. The lowest BCUT2D eigenvalue weighted by molar-refractivity contribution is -0.0447. The van der Waals surface area contributed by atoms with Crippen molar-refractivity contribution in [3.05, 3.63) is 53.8 Å². The van der Waals surface area contributed by atoms with Gasteiger partial charge in [-0.2, -0.15) is 0 Å². The molecule has 1 aliphatic rings. The first kappa shape index (κ1) is 18.5. The zero-order valence-electron chi connectivity index (χ0n) is 15.6. The molecular formula is C21H22FN3O3. The number of benzene rings is 2. The summed E-state index contributed by atoms with van der Waals surface area (Å²) >= 11 is 0. The van der Waals surface area contributed by atoms with Gasteiger partial charge in [-0.3, -0.25) is 4.99 Å². The van der Waals surface area contributed by atoms with Gasteiger partial charge < -0.3 is 24.5 Å². The minimum absolute atomic E-state index is 0.0399. The van der Waals surface area contributed by atoms with Gasteiger partial charge in [-0.15, -0.1) is 0 Å². The molecule has 3 aromatic rings. The molecule has 1 aromatic heterocycles. The Labute approximate surface area is 162 Å². The Morgan fingerprint density at radius 3 is 2.82 bits per heavy atom. The van der Waals surface area contributed by atoms with Crippen LogP contribution in [0.1, 0.15) is 12.0 Å². The van der Waals surface area contributed by atoms with Gasteiger partial charge in [-0.05, 0) is 18.2 Å². The van der Waals surface area contributed by atoms with E-state index in [0.717, 1.165) is 10.9 Å². The first-order valence-corrected chi connectivity index (χ1v) is 9.19. The zero-order chi connectivity index (χ0) is 19.5. The van der Waals surface area contributed by atoms with Gasteiger partial charge in [0.2, 0.25) is 0 Å². The van der Waals surface area contributed by atoms with Gasteiger partial charge in [0.25, 0.3) is 0 Å². The highest BCUT2D eigenvalue weighted by atomic mass is 19.1. The van der Waals surface area contributed by atoms with Crippen LogP contribution in [-0.4, -0.2) is 49.4 Å². The molecule has 0 radical (unpaired) electrons. The van der Waals surface area contributed by atoms with E-state index in [-0.39, 0.29) is 18.0 Å². The fourth-order valence-electron chi connectivity index (χ4n) is 3.30. The van der Waals surface area contributed by atoms with Crippen molar-refractivity contribution in [2.75, 3.05) is 31.7 Å². The number of aromatic hydroxyl groups is 1. The van der Waals surface area contributed by atoms with E-state index in [1.54, 1.807) is 18.3 Å². The molecule has 28 heavy (non-hydrogen) atoms. The van der Waals surface area contributed by atoms with Crippen molar-refractivity contribution >= 4 is 28.5 Å². The minimum Gasteiger partial charge on any atom is -0.494 e. The van der Waals surface area contributed by atoms with Crippen molar-refractivity contribution in [2.45, 2.75) is 12.7 Å². The van der Waals surface area contributed by atoms with Crippen LogP contribution < -0.4 is 4.90 Å². The van der Waals surface area contributed by atoms with E-state index in [1.165, 1.54) is 6.07 Å². The lowest BCUT2D eigenvalue weighted by atomic mass is 10.2. The number of hydrogen-bond donors (Lipinski definition) is 2. The number of anilines is 1. The highest BCUT2D eigenvalue weighted by Gasteiger charge is 2.17. The van der Waals surface area contributed by atoms with Crippen molar-refractivity contribution in [3.8, 4) is 5.88 Å². The summed E-state index contributed by atoms with van der Waals surface area (Å²) in [7, 11) is 1.83. The molecule has 1 aliphatic heterocycles. The Kier molecular flexibility index (Phi) is 5.27. The van der Waals surface area contributed by atoms with Crippen LogP contribution in [0.5, 0.6) is 5.88 Å². The summed E-state index contributed by atoms with van der Waals surface area (Å²) in [6, 6.07) is 12.4. The smallest absolute Gasteiger partial charge is 0.198 e. The number of rotatable bonds is 6. The number of hydrogen-bond acceptors (Lipinski definition) is 5. The molecule has 2 heterocycles. The Balaban J connectivity index is 1.47. The summed E-state index contributed by atoms with van der Waals surface area (Å²) in [4.78, 5) is 9.06. The fraction of sp³-hybridized carbons (Fsp3) is 0.286.